The van der Waals surface area contributed by atoms with Crippen LogP contribution in [0.15, 0.2) is 16.5 Å². The van der Waals surface area contributed by atoms with Gasteiger partial charge in [-0.1, -0.05) is 0 Å². The number of β-amino-alcohol motifs (C(OH)–C–C–N with tert-alkyl or cyclic N) is 1. The minimum absolute atomic E-state index is 0.537. The number of aliphatic hydroxyl groups is 1. The summed E-state index contributed by atoms with van der Waals surface area (Å²) in [5, 5.41) is 10.9. The Morgan fingerprint density at radius 1 is 1.15 bits per heavy atom. The van der Waals surface area contributed by atoms with Crippen molar-refractivity contribution in [1.82, 2.24) is 9.80 Å². The lowest BCUT2D eigenvalue weighted by Gasteiger charge is -2.41. The van der Waals surface area contributed by atoms with E-state index in [0.29, 0.717) is 0 Å². The third-order valence-corrected chi connectivity index (χ3v) is 4.53. The first-order chi connectivity index (χ1) is 9.63. The van der Waals surface area contributed by atoms with Gasteiger partial charge in [0.05, 0.1) is 12.1 Å². The molecule has 4 nitrogen and oxygen atoms in total. The van der Waals surface area contributed by atoms with E-state index in [1.165, 1.54) is 12.8 Å². The topological polar surface area (TPSA) is 39.9 Å². The van der Waals surface area contributed by atoms with E-state index in [4.69, 9.17) is 4.42 Å². The largest absolute Gasteiger partial charge is 0.465 e. The SMILES string of the molecule is Cc1ccc(CN2CCCC(O)(CN3CCCC3)C2)o1. The quantitative estimate of drug-likeness (QED) is 0.914. The Morgan fingerprint density at radius 3 is 2.60 bits per heavy atom. The van der Waals surface area contributed by atoms with Gasteiger partial charge in [0, 0.05) is 13.1 Å². The van der Waals surface area contributed by atoms with Crippen LogP contribution in [0.25, 0.3) is 0 Å². The molecule has 1 unspecified atom stereocenters. The maximum atomic E-state index is 10.9. The minimum atomic E-state index is -0.537. The van der Waals surface area contributed by atoms with Crippen LogP contribution in [0.4, 0.5) is 0 Å². The molecule has 0 bridgehead atoms. The van der Waals surface area contributed by atoms with Gasteiger partial charge in [-0.05, 0) is 64.4 Å². The van der Waals surface area contributed by atoms with Gasteiger partial charge in [-0.3, -0.25) is 4.90 Å². The molecule has 4 heteroatoms. The lowest BCUT2D eigenvalue weighted by molar-refractivity contribution is -0.0531. The molecule has 1 atom stereocenters. The first-order valence-corrected chi connectivity index (χ1v) is 7.85. The predicted molar refractivity (Wildman–Crippen MR) is 78.6 cm³/mol. The van der Waals surface area contributed by atoms with Gasteiger partial charge in [-0.15, -0.1) is 0 Å². The van der Waals surface area contributed by atoms with E-state index in [2.05, 4.69) is 9.80 Å². The Labute approximate surface area is 121 Å². The molecule has 0 aliphatic carbocycles. The predicted octanol–water partition coefficient (Wildman–Crippen LogP) is 2.01. The fourth-order valence-corrected chi connectivity index (χ4v) is 3.62. The number of rotatable bonds is 4. The molecule has 0 spiro atoms. The van der Waals surface area contributed by atoms with E-state index >= 15 is 0 Å². The van der Waals surface area contributed by atoms with Gasteiger partial charge >= 0.3 is 0 Å². The molecule has 2 fully saturated rings. The molecule has 20 heavy (non-hydrogen) atoms. The highest BCUT2D eigenvalue weighted by atomic mass is 16.3. The van der Waals surface area contributed by atoms with Gasteiger partial charge in [0.1, 0.15) is 11.5 Å². The van der Waals surface area contributed by atoms with Gasteiger partial charge in [-0.2, -0.15) is 0 Å². The van der Waals surface area contributed by atoms with Crippen molar-refractivity contribution < 1.29 is 9.52 Å². The number of aryl methyl sites for hydroxylation is 1. The minimum Gasteiger partial charge on any atom is -0.465 e. The number of furan rings is 1. The molecule has 2 aliphatic rings. The van der Waals surface area contributed by atoms with Crippen LogP contribution in [0.5, 0.6) is 0 Å². The van der Waals surface area contributed by atoms with Gasteiger partial charge in [0.15, 0.2) is 0 Å². The lowest BCUT2D eigenvalue weighted by Crippen LogP contribution is -2.53. The highest BCUT2D eigenvalue weighted by Crippen LogP contribution is 2.25. The van der Waals surface area contributed by atoms with Crippen LogP contribution in [0, 0.1) is 6.92 Å². The molecular weight excluding hydrogens is 252 g/mol. The Morgan fingerprint density at radius 2 is 1.90 bits per heavy atom. The smallest absolute Gasteiger partial charge is 0.118 e. The molecule has 2 aliphatic heterocycles. The van der Waals surface area contributed by atoms with Crippen molar-refractivity contribution in [3.05, 3.63) is 23.7 Å². The average Bonchev–Trinajstić information content (AvgIpc) is 3.01. The van der Waals surface area contributed by atoms with Gasteiger partial charge in [-0.25, -0.2) is 0 Å². The Kier molecular flexibility index (Phi) is 4.15. The Bertz CT molecular complexity index is 439. The Balaban J connectivity index is 1.57. The van der Waals surface area contributed by atoms with Crippen molar-refractivity contribution in [1.29, 1.82) is 0 Å². The van der Waals surface area contributed by atoms with Gasteiger partial charge in [0.2, 0.25) is 0 Å². The summed E-state index contributed by atoms with van der Waals surface area (Å²) in [6, 6.07) is 4.05. The number of hydrogen-bond donors (Lipinski definition) is 1. The third kappa shape index (κ3) is 3.43. The van der Waals surface area contributed by atoms with Crippen molar-refractivity contribution in [3.63, 3.8) is 0 Å². The van der Waals surface area contributed by atoms with Crippen molar-refractivity contribution in [2.45, 2.75) is 44.8 Å². The van der Waals surface area contributed by atoms with E-state index in [0.717, 1.165) is 63.6 Å². The second-order valence-electron chi connectivity index (χ2n) is 6.53. The molecule has 0 aromatic carbocycles. The molecule has 112 valence electrons. The van der Waals surface area contributed by atoms with Crippen LogP contribution in [0.1, 0.15) is 37.2 Å². The molecule has 0 amide bonds. The van der Waals surface area contributed by atoms with Crippen molar-refractivity contribution in [2.24, 2.45) is 0 Å². The molecular formula is C16H26N2O2. The monoisotopic (exact) mass is 278 g/mol. The molecule has 1 aromatic heterocycles. The van der Waals surface area contributed by atoms with Crippen LogP contribution >= 0.6 is 0 Å². The molecule has 3 rings (SSSR count). The van der Waals surface area contributed by atoms with Crippen LogP contribution in [-0.2, 0) is 6.54 Å². The fourth-order valence-electron chi connectivity index (χ4n) is 3.62. The fraction of sp³-hybridized carbons (Fsp3) is 0.750. The van der Waals surface area contributed by atoms with E-state index in [1.54, 1.807) is 0 Å². The van der Waals surface area contributed by atoms with E-state index in [-0.39, 0.29) is 0 Å². The van der Waals surface area contributed by atoms with Crippen LogP contribution < -0.4 is 0 Å². The zero-order chi connectivity index (χ0) is 14.0. The average molecular weight is 278 g/mol. The van der Waals surface area contributed by atoms with Gasteiger partial charge < -0.3 is 14.4 Å². The summed E-state index contributed by atoms with van der Waals surface area (Å²) in [4.78, 5) is 4.75. The summed E-state index contributed by atoms with van der Waals surface area (Å²) in [6.07, 6.45) is 4.57. The second-order valence-corrected chi connectivity index (χ2v) is 6.53. The van der Waals surface area contributed by atoms with Crippen LogP contribution in [0.2, 0.25) is 0 Å². The number of piperidine rings is 1. The summed E-state index contributed by atoms with van der Waals surface area (Å²) in [5.74, 6) is 1.97. The number of hydrogen-bond acceptors (Lipinski definition) is 4. The molecule has 0 radical (unpaired) electrons. The summed E-state index contributed by atoms with van der Waals surface area (Å²) < 4.78 is 5.65. The molecule has 1 aromatic rings. The first-order valence-electron chi connectivity index (χ1n) is 7.85. The second kappa shape index (κ2) is 5.88. The van der Waals surface area contributed by atoms with Crippen molar-refractivity contribution in [2.75, 3.05) is 32.7 Å². The molecule has 3 heterocycles. The summed E-state index contributed by atoms with van der Waals surface area (Å²) in [7, 11) is 0. The molecule has 2 saturated heterocycles. The highest BCUT2D eigenvalue weighted by molar-refractivity contribution is 5.06. The molecule has 1 N–H and O–H groups in total. The van der Waals surface area contributed by atoms with Gasteiger partial charge in [0.25, 0.3) is 0 Å². The Hall–Kier alpha value is -0.840. The number of likely N-dealkylation sites (tertiary alicyclic amines) is 2. The maximum absolute atomic E-state index is 10.9. The number of nitrogens with zero attached hydrogens (tertiary/aromatic N) is 2. The summed E-state index contributed by atoms with van der Waals surface area (Å²) in [6.45, 7) is 7.75. The summed E-state index contributed by atoms with van der Waals surface area (Å²) >= 11 is 0. The first kappa shape index (κ1) is 14.1. The van der Waals surface area contributed by atoms with E-state index < -0.39 is 5.60 Å². The van der Waals surface area contributed by atoms with Crippen LogP contribution in [0.3, 0.4) is 0 Å². The highest BCUT2D eigenvalue weighted by Gasteiger charge is 2.35. The standard InChI is InChI=1S/C16H26N2O2/c1-14-5-6-15(20-14)11-18-10-4-7-16(19,13-18)12-17-8-2-3-9-17/h5-6,19H,2-4,7-13H2,1H3. The zero-order valence-corrected chi connectivity index (χ0v) is 12.5. The van der Waals surface area contributed by atoms with E-state index in [1.807, 2.05) is 19.1 Å². The van der Waals surface area contributed by atoms with Crippen molar-refractivity contribution in [3.8, 4) is 0 Å². The van der Waals surface area contributed by atoms with E-state index in [9.17, 15) is 5.11 Å². The normalized spacial score (nSPS) is 29.1. The third-order valence-electron chi connectivity index (χ3n) is 4.53. The molecule has 0 saturated carbocycles. The zero-order valence-electron chi connectivity index (χ0n) is 12.5. The summed E-state index contributed by atoms with van der Waals surface area (Å²) in [5.41, 5.74) is -0.537. The van der Waals surface area contributed by atoms with Crippen LogP contribution in [-0.4, -0.2) is 53.2 Å². The lowest BCUT2D eigenvalue weighted by atomic mass is 9.92. The maximum Gasteiger partial charge on any atom is 0.118 e. The van der Waals surface area contributed by atoms with Crippen molar-refractivity contribution >= 4 is 0 Å².